The SMILES string of the molecule is CCN(CC)C(=O)CN1CCN(C(C)(C)C#N)CC1. The summed E-state index contributed by atoms with van der Waals surface area (Å²) in [6.45, 7) is 13.4. The molecule has 0 saturated carbocycles. The van der Waals surface area contributed by atoms with Gasteiger partial charge in [0.05, 0.1) is 12.6 Å². The van der Waals surface area contributed by atoms with E-state index in [1.54, 1.807) is 0 Å². The summed E-state index contributed by atoms with van der Waals surface area (Å²) in [4.78, 5) is 18.3. The molecule has 0 N–H and O–H groups in total. The summed E-state index contributed by atoms with van der Waals surface area (Å²) in [5, 5.41) is 9.13. The Morgan fingerprint density at radius 3 is 2.16 bits per heavy atom. The number of hydrogen-bond acceptors (Lipinski definition) is 4. The molecule has 1 aliphatic heterocycles. The molecule has 108 valence electrons. The number of nitriles is 1. The Labute approximate surface area is 116 Å². The number of carbonyl (C=O) groups is 1. The lowest BCUT2D eigenvalue weighted by molar-refractivity contribution is -0.132. The van der Waals surface area contributed by atoms with E-state index in [9.17, 15) is 4.79 Å². The molecule has 19 heavy (non-hydrogen) atoms. The first kappa shape index (κ1) is 15.9. The van der Waals surface area contributed by atoms with E-state index >= 15 is 0 Å². The van der Waals surface area contributed by atoms with Gasteiger partial charge in [-0.2, -0.15) is 5.26 Å². The zero-order chi connectivity index (χ0) is 14.5. The first-order valence-electron chi connectivity index (χ1n) is 7.11. The maximum absolute atomic E-state index is 12.0. The predicted molar refractivity (Wildman–Crippen MR) is 75.6 cm³/mol. The number of piperazine rings is 1. The van der Waals surface area contributed by atoms with Gasteiger partial charge < -0.3 is 4.90 Å². The largest absolute Gasteiger partial charge is 0.342 e. The molecule has 1 rings (SSSR count). The Hall–Kier alpha value is -1.12. The highest BCUT2D eigenvalue weighted by atomic mass is 16.2. The van der Waals surface area contributed by atoms with Crippen molar-refractivity contribution in [2.75, 3.05) is 45.8 Å². The molecule has 0 bridgehead atoms. The molecule has 1 fully saturated rings. The van der Waals surface area contributed by atoms with Crippen LogP contribution in [0.1, 0.15) is 27.7 Å². The minimum atomic E-state index is -0.408. The maximum Gasteiger partial charge on any atom is 0.236 e. The molecule has 0 atom stereocenters. The highest BCUT2D eigenvalue weighted by Gasteiger charge is 2.30. The zero-order valence-corrected chi connectivity index (χ0v) is 12.6. The molecule has 0 aliphatic carbocycles. The van der Waals surface area contributed by atoms with Crippen molar-refractivity contribution in [1.29, 1.82) is 5.26 Å². The molecule has 1 aliphatic rings. The lowest BCUT2D eigenvalue weighted by Crippen LogP contribution is -2.55. The maximum atomic E-state index is 12.0. The minimum absolute atomic E-state index is 0.206. The predicted octanol–water partition coefficient (Wildman–Crippen LogP) is 0.775. The van der Waals surface area contributed by atoms with Gasteiger partial charge in [-0.25, -0.2) is 0 Å². The van der Waals surface area contributed by atoms with E-state index in [2.05, 4.69) is 15.9 Å². The molecule has 0 radical (unpaired) electrons. The molecule has 0 aromatic rings. The summed E-state index contributed by atoms with van der Waals surface area (Å²) in [5.74, 6) is 0.206. The van der Waals surface area contributed by atoms with Crippen molar-refractivity contribution in [3.8, 4) is 6.07 Å². The second-order valence-corrected chi connectivity index (χ2v) is 5.50. The van der Waals surface area contributed by atoms with Crippen LogP contribution < -0.4 is 0 Å². The highest BCUT2D eigenvalue weighted by Crippen LogP contribution is 2.15. The standard InChI is InChI=1S/C14H26N4O/c1-5-17(6-2)13(19)11-16-7-9-18(10-8-16)14(3,4)12-15/h5-11H2,1-4H3. The summed E-state index contributed by atoms with van der Waals surface area (Å²) in [6.07, 6.45) is 0. The quantitative estimate of drug-likeness (QED) is 0.738. The lowest BCUT2D eigenvalue weighted by atomic mass is 10.0. The third-order valence-electron chi connectivity index (χ3n) is 3.91. The van der Waals surface area contributed by atoms with E-state index in [0.29, 0.717) is 6.54 Å². The van der Waals surface area contributed by atoms with E-state index in [1.807, 2.05) is 32.6 Å². The number of carbonyl (C=O) groups excluding carboxylic acids is 1. The van der Waals surface area contributed by atoms with E-state index < -0.39 is 5.54 Å². The number of likely N-dealkylation sites (N-methyl/N-ethyl adjacent to an activating group) is 1. The topological polar surface area (TPSA) is 50.6 Å². The normalized spacial score (nSPS) is 18.1. The fraction of sp³-hybridized carbons (Fsp3) is 0.857. The van der Waals surface area contributed by atoms with E-state index in [4.69, 9.17) is 5.26 Å². The monoisotopic (exact) mass is 266 g/mol. The van der Waals surface area contributed by atoms with Crippen LogP contribution in [0.2, 0.25) is 0 Å². The first-order valence-corrected chi connectivity index (χ1v) is 7.11. The molecular weight excluding hydrogens is 240 g/mol. The van der Waals surface area contributed by atoms with Crippen molar-refractivity contribution in [3.05, 3.63) is 0 Å². The molecular formula is C14H26N4O. The number of rotatable bonds is 5. The average Bonchev–Trinajstić information content (AvgIpc) is 2.40. The average molecular weight is 266 g/mol. The Balaban J connectivity index is 2.43. The molecule has 1 heterocycles. The van der Waals surface area contributed by atoms with Crippen LogP contribution >= 0.6 is 0 Å². The van der Waals surface area contributed by atoms with Crippen molar-refractivity contribution >= 4 is 5.91 Å². The summed E-state index contributed by atoms with van der Waals surface area (Å²) in [6, 6.07) is 2.34. The van der Waals surface area contributed by atoms with E-state index in [0.717, 1.165) is 39.3 Å². The number of nitrogens with zero attached hydrogens (tertiary/aromatic N) is 4. The van der Waals surface area contributed by atoms with Crippen LogP contribution in [0.3, 0.4) is 0 Å². The van der Waals surface area contributed by atoms with Crippen LogP contribution in [0.15, 0.2) is 0 Å². The van der Waals surface area contributed by atoms with Gasteiger partial charge in [0.2, 0.25) is 5.91 Å². The summed E-state index contributed by atoms with van der Waals surface area (Å²) in [5.41, 5.74) is -0.408. The molecule has 1 saturated heterocycles. The fourth-order valence-electron chi connectivity index (χ4n) is 2.40. The van der Waals surface area contributed by atoms with Gasteiger partial charge in [0.1, 0.15) is 5.54 Å². The van der Waals surface area contributed by atoms with Crippen LogP contribution in [-0.4, -0.2) is 72.0 Å². The molecule has 5 heteroatoms. The van der Waals surface area contributed by atoms with E-state index in [-0.39, 0.29) is 5.91 Å². The van der Waals surface area contributed by atoms with Crippen molar-refractivity contribution in [2.24, 2.45) is 0 Å². The lowest BCUT2D eigenvalue weighted by Gasteiger charge is -2.40. The molecule has 5 nitrogen and oxygen atoms in total. The second-order valence-electron chi connectivity index (χ2n) is 5.50. The van der Waals surface area contributed by atoms with Gasteiger partial charge in [-0.05, 0) is 27.7 Å². The van der Waals surface area contributed by atoms with Crippen LogP contribution in [0.5, 0.6) is 0 Å². The fourth-order valence-corrected chi connectivity index (χ4v) is 2.40. The summed E-state index contributed by atoms with van der Waals surface area (Å²) >= 11 is 0. The molecule has 0 spiro atoms. The van der Waals surface area contributed by atoms with Gasteiger partial charge in [0.25, 0.3) is 0 Å². The molecule has 0 aromatic carbocycles. The Kier molecular flexibility index (Phi) is 5.77. The molecule has 0 unspecified atom stereocenters. The Morgan fingerprint density at radius 2 is 1.74 bits per heavy atom. The summed E-state index contributed by atoms with van der Waals surface area (Å²) in [7, 11) is 0. The third kappa shape index (κ3) is 4.19. The molecule has 1 amide bonds. The smallest absolute Gasteiger partial charge is 0.236 e. The van der Waals surface area contributed by atoms with E-state index in [1.165, 1.54) is 0 Å². The first-order chi connectivity index (χ1) is 8.94. The Bertz CT molecular complexity index is 336. The van der Waals surface area contributed by atoms with Gasteiger partial charge >= 0.3 is 0 Å². The van der Waals surface area contributed by atoms with Crippen LogP contribution in [0, 0.1) is 11.3 Å². The van der Waals surface area contributed by atoms with Gasteiger partial charge in [0, 0.05) is 39.3 Å². The van der Waals surface area contributed by atoms with Crippen LogP contribution in [0.4, 0.5) is 0 Å². The Morgan fingerprint density at radius 1 is 1.21 bits per heavy atom. The highest BCUT2D eigenvalue weighted by molar-refractivity contribution is 5.78. The summed E-state index contributed by atoms with van der Waals surface area (Å²) < 4.78 is 0. The molecule has 0 aromatic heterocycles. The van der Waals surface area contributed by atoms with Gasteiger partial charge in [0.15, 0.2) is 0 Å². The van der Waals surface area contributed by atoms with Gasteiger partial charge in [-0.3, -0.25) is 14.6 Å². The zero-order valence-electron chi connectivity index (χ0n) is 12.6. The van der Waals surface area contributed by atoms with Crippen LogP contribution in [-0.2, 0) is 4.79 Å². The van der Waals surface area contributed by atoms with Crippen molar-refractivity contribution in [3.63, 3.8) is 0 Å². The van der Waals surface area contributed by atoms with Crippen LogP contribution in [0.25, 0.3) is 0 Å². The van der Waals surface area contributed by atoms with Crippen molar-refractivity contribution < 1.29 is 4.79 Å². The minimum Gasteiger partial charge on any atom is -0.342 e. The number of amides is 1. The van der Waals surface area contributed by atoms with Gasteiger partial charge in [-0.1, -0.05) is 0 Å². The van der Waals surface area contributed by atoms with Gasteiger partial charge in [-0.15, -0.1) is 0 Å². The van der Waals surface area contributed by atoms with Crippen molar-refractivity contribution in [1.82, 2.24) is 14.7 Å². The second kappa shape index (κ2) is 6.88. The third-order valence-corrected chi connectivity index (χ3v) is 3.91. The van der Waals surface area contributed by atoms with Crippen molar-refractivity contribution in [2.45, 2.75) is 33.2 Å². The number of hydrogen-bond donors (Lipinski definition) is 0.